The van der Waals surface area contributed by atoms with Gasteiger partial charge in [-0.3, -0.25) is 24.8 Å². The molecule has 0 aromatic heterocycles. The first kappa shape index (κ1) is 16.9. The number of hydrogen-bond acceptors (Lipinski definition) is 4. The molecular weight excluding hydrogens is 330 g/mol. The second-order valence-electron chi connectivity index (χ2n) is 7.79. The molecule has 1 saturated heterocycles. The molecule has 2 aliphatic carbocycles. The number of hydrogen-bond donors (Lipinski definition) is 1. The maximum atomic E-state index is 12.9. The molecule has 26 heavy (non-hydrogen) atoms. The van der Waals surface area contributed by atoms with Gasteiger partial charge >= 0.3 is 6.03 Å². The fourth-order valence-electron chi connectivity index (χ4n) is 4.68. The van der Waals surface area contributed by atoms with Crippen LogP contribution < -0.4 is 5.32 Å². The van der Waals surface area contributed by atoms with Gasteiger partial charge in [-0.25, -0.2) is 4.79 Å². The van der Waals surface area contributed by atoms with Crippen LogP contribution in [-0.2, 0) is 9.59 Å². The fraction of sp³-hybridized carbons (Fsp3) is 0.500. The average Bonchev–Trinajstić information content (AvgIpc) is 3.19. The summed E-state index contributed by atoms with van der Waals surface area (Å²) in [5.41, 5.74) is 2.83. The van der Waals surface area contributed by atoms with Crippen molar-refractivity contribution in [3.8, 4) is 0 Å². The lowest BCUT2D eigenvalue weighted by molar-refractivity contribution is -0.141. The Morgan fingerprint density at radius 3 is 2.62 bits per heavy atom. The number of rotatable bonds is 3. The Morgan fingerprint density at radius 1 is 1.15 bits per heavy atom. The van der Waals surface area contributed by atoms with Crippen LogP contribution in [0.3, 0.4) is 0 Å². The third kappa shape index (κ3) is 2.83. The summed E-state index contributed by atoms with van der Waals surface area (Å²) in [6.07, 6.45) is 5.56. The maximum Gasteiger partial charge on any atom is 0.331 e. The molecule has 6 nitrogen and oxygen atoms in total. The number of carbonyl (C=O) groups is 3. The number of nitrogens with zero attached hydrogens (tertiary/aromatic N) is 2. The summed E-state index contributed by atoms with van der Waals surface area (Å²) >= 11 is 0. The highest BCUT2D eigenvalue weighted by atomic mass is 16.2. The number of benzene rings is 1. The minimum absolute atomic E-state index is 0.0774. The monoisotopic (exact) mass is 353 g/mol. The normalized spacial score (nSPS) is 31.2. The molecule has 0 radical (unpaired) electrons. The SMILES string of the molecule is Cc1ccc(N=C[C@H]2C(=O)NC(=O)N([C@H]3C[C@H]4CC[C@H]3C4)C2=O)c(C)c1. The average molecular weight is 353 g/mol. The summed E-state index contributed by atoms with van der Waals surface area (Å²) in [6, 6.07) is 5.15. The highest BCUT2D eigenvalue weighted by Crippen LogP contribution is 2.47. The van der Waals surface area contributed by atoms with E-state index in [2.05, 4.69) is 10.3 Å². The second kappa shape index (κ2) is 6.34. The molecule has 1 N–H and O–H groups in total. The Balaban J connectivity index is 1.57. The van der Waals surface area contributed by atoms with Gasteiger partial charge in [-0.05, 0) is 56.6 Å². The predicted molar refractivity (Wildman–Crippen MR) is 97.2 cm³/mol. The standard InChI is InChI=1S/C20H23N3O3/c1-11-3-6-16(12(2)7-11)21-10-15-18(24)22-20(26)23(19(15)25)17-9-13-4-5-14(17)8-13/h3,6-7,10,13-15,17H,4-5,8-9H2,1-2H3,(H,22,24,26)/t13-,14-,15-,17-/m0/s1. The van der Waals surface area contributed by atoms with Gasteiger partial charge in [0.05, 0.1) is 5.69 Å². The molecule has 136 valence electrons. The van der Waals surface area contributed by atoms with Crippen molar-refractivity contribution in [1.82, 2.24) is 10.2 Å². The van der Waals surface area contributed by atoms with Crippen LogP contribution in [0.15, 0.2) is 23.2 Å². The number of aliphatic imine (C=N–C) groups is 1. The fourth-order valence-corrected chi connectivity index (χ4v) is 4.68. The molecule has 3 aliphatic rings. The predicted octanol–water partition coefficient (Wildman–Crippen LogP) is 2.89. The molecule has 6 heteroatoms. The van der Waals surface area contributed by atoms with E-state index in [0.717, 1.165) is 36.1 Å². The Kier molecular flexibility index (Phi) is 4.13. The van der Waals surface area contributed by atoms with E-state index in [1.807, 2.05) is 32.0 Å². The number of amides is 4. The maximum absolute atomic E-state index is 12.9. The van der Waals surface area contributed by atoms with Gasteiger partial charge in [-0.1, -0.05) is 24.1 Å². The molecule has 4 atom stereocenters. The summed E-state index contributed by atoms with van der Waals surface area (Å²) in [7, 11) is 0. The zero-order valence-electron chi connectivity index (χ0n) is 15.1. The second-order valence-corrected chi connectivity index (χ2v) is 7.79. The van der Waals surface area contributed by atoms with E-state index in [1.54, 1.807) is 0 Å². The quantitative estimate of drug-likeness (QED) is 0.670. The van der Waals surface area contributed by atoms with Gasteiger partial charge in [0.1, 0.15) is 0 Å². The van der Waals surface area contributed by atoms with E-state index >= 15 is 0 Å². The molecule has 2 saturated carbocycles. The van der Waals surface area contributed by atoms with Crippen LogP contribution in [0.2, 0.25) is 0 Å². The minimum atomic E-state index is -1.05. The number of aryl methyl sites for hydroxylation is 2. The van der Waals surface area contributed by atoms with Crippen LogP contribution in [0.1, 0.15) is 36.8 Å². The Labute approximate surface area is 152 Å². The number of fused-ring (bicyclic) bond motifs is 2. The molecule has 3 fully saturated rings. The molecule has 4 rings (SSSR count). The van der Waals surface area contributed by atoms with Gasteiger partial charge in [0, 0.05) is 12.3 Å². The lowest BCUT2D eigenvalue weighted by Crippen LogP contribution is -2.62. The smallest absolute Gasteiger partial charge is 0.277 e. The van der Waals surface area contributed by atoms with E-state index in [4.69, 9.17) is 0 Å². The van der Waals surface area contributed by atoms with E-state index in [1.165, 1.54) is 17.5 Å². The van der Waals surface area contributed by atoms with Gasteiger partial charge in [0.15, 0.2) is 5.92 Å². The molecule has 0 spiro atoms. The summed E-state index contributed by atoms with van der Waals surface area (Å²) in [4.78, 5) is 43.1. The third-order valence-corrected chi connectivity index (χ3v) is 5.98. The molecule has 1 heterocycles. The van der Waals surface area contributed by atoms with Gasteiger partial charge in [0.25, 0.3) is 0 Å². The summed E-state index contributed by atoms with van der Waals surface area (Å²) in [6.45, 7) is 3.94. The molecule has 1 aromatic rings. The van der Waals surface area contributed by atoms with Crippen molar-refractivity contribution in [2.75, 3.05) is 0 Å². The number of carbonyl (C=O) groups excluding carboxylic acids is 3. The zero-order chi connectivity index (χ0) is 18.4. The Morgan fingerprint density at radius 2 is 1.96 bits per heavy atom. The van der Waals surface area contributed by atoms with Crippen molar-refractivity contribution >= 4 is 29.7 Å². The van der Waals surface area contributed by atoms with Crippen LogP contribution >= 0.6 is 0 Å². The molecular formula is C20H23N3O3. The molecule has 4 amide bonds. The number of nitrogens with one attached hydrogen (secondary N) is 1. The molecule has 2 bridgehead atoms. The lowest BCUT2D eigenvalue weighted by Gasteiger charge is -2.36. The van der Waals surface area contributed by atoms with Crippen molar-refractivity contribution < 1.29 is 14.4 Å². The van der Waals surface area contributed by atoms with Crippen LogP contribution in [0.4, 0.5) is 10.5 Å². The van der Waals surface area contributed by atoms with Crippen molar-refractivity contribution in [2.24, 2.45) is 22.7 Å². The van der Waals surface area contributed by atoms with Crippen molar-refractivity contribution in [3.63, 3.8) is 0 Å². The van der Waals surface area contributed by atoms with Crippen LogP contribution in [0.25, 0.3) is 0 Å². The van der Waals surface area contributed by atoms with Gasteiger partial charge in [-0.15, -0.1) is 0 Å². The first-order valence-corrected chi connectivity index (χ1v) is 9.23. The number of barbiturate groups is 1. The molecule has 0 unspecified atom stereocenters. The van der Waals surface area contributed by atoms with Crippen molar-refractivity contribution in [2.45, 2.75) is 45.6 Å². The van der Waals surface area contributed by atoms with Gasteiger partial charge in [-0.2, -0.15) is 0 Å². The van der Waals surface area contributed by atoms with Crippen LogP contribution in [0.5, 0.6) is 0 Å². The van der Waals surface area contributed by atoms with Crippen molar-refractivity contribution in [1.29, 1.82) is 0 Å². The highest BCUT2D eigenvalue weighted by Gasteiger charge is 2.50. The molecule has 1 aliphatic heterocycles. The zero-order valence-corrected chi connectivity index (χ0v) is 15.1. The van der Waals surface area contributed by atoms with Crippen LogP contribution in [-0.4, -0.2) is 35.0 Å². The first-order chi connectivity index (χ1) is 12.4. The first-order valence-electron chi connectivity index (χ1n) is 9.23. The van der Waals surface area contributed by atoms with E-state index in [0.29, 0.717) is 11.8 Å². The van der Waals surface area contributed by atoms with Gasteiger partial charge < -0.3 is 0 Å². The largest absolute Gasteiger partial charge is 0.331 e. The Bertz CT molecular complexity index is 817. The minimum Gasteiger partial charge on any atom is -0.277 e. The van der Waals surface area contributed by atoms with Crippen molar-refractivity contribution in [3.05, 3.63) is 29.3 Å². The van der Waals surface area contributed by atoms with Crippen LogP contribution in [0, 0.1) is 31.6 Å². The molecule has 1 aromatic carbocycles. The third-order valence-electron chi connectivity index (χ3n) is 5.98. The number of urea groups is 1. The van der Waals surface area contributed by atoms with E-state index in [-0.39, 0.29) is 6.04 Å². The summed E-state index contributed by atoms with van der Waals surface area (Å²) in [5.74, 6) is -1.10. The summed E-state index contributed by atoms with van der Waals surface area (Å²) < 4.78 is 0. The topological polar surface area (TPSA) is 78.8 Å². The van der Waals surface area contributed by atoms with E-state index in [9.17, 15) is 14.4 Å². The highest BCUT2D eigenvalue weighted by molar-refractivity contribution is 6.23. The Hall–Kier alpha value is -2.50. The number of imide groups is 2. The summed E-state index contributed by atoms with van der Waals surface area (Å²) in [5, 5.41) is 2.34. The van der Waals surface area contributed by atoms with Gasteiger partial charge in [0.2, 0.25) is 11.8 Å². The lowest BCUT2D eigenvalue weighted by atomic mass is 9.92. The van der Waals surface area contributed by atoms with E-state index < -0.39 is 23.8 Å².